The average Bonchev–Trinajstić information content (AvgIpc) is 2.28. The van der Waals surface area contributed by atoms with Gasteiger partial charge in [0.1, 0.15) is 0 Å². The lowest BCUT2D eigenvalue weighted by atomic mass is 10.4. The maximum atomic E-state index is 11.1. The third-order valence-corrected chi connectivity index (χ3v) is 2.78. The van der Waals surface area contributed by atoms with Crippen molar-refractivity contribution >= 4 is 17.7 Å². The molecular formula is C10H19N3O2S. The molecule has 0 fully saturated rings. The van der Waals surface area contributed by atoms with Crippen LogP contribution in [0.25, 0.3) is 0 Å². The fourth-order valence-electron chi connectivity index (χ4n) is 0.935. The zero-order valence-corrected chi connectivity index (χ0v) is 10.2. The zero-order valence-electron chi connectivity index (χ0n) is 9.37. The van der Waals surface area contributed by atoms with E-state index in [1.54, 1.807) is 11.8 Å². The fraction of sp³-hybridized carbons (Fsp3) is 0.800. The molecule has 0 aromatic heterocycles. The third-order valence-electron chi connectivity index (χ3n) is 1.71. The number of carbonyl (C=O) groups is 1. The lowest BCUT2D eigenvalue weighted by Crippen LogP contribution is -2.35. The first-order valence-corrected chi connectivity index (χ1v) is 6.49. The summed E-state index contributed by atoms with van der Waals surface area (Å²) in [4.78, 5) is 11.1. The predicted octanol–water partition coefficient (Wildman–Crippen LogP) is -0.279. The summed E-state index contributed by atoms with van der Waals surface area (Å²) in [5.74, 6) is 1.81. The summed E-state index contributed by atoms with van der Waals surface area (Å²) < 4.78 is 0. The van der Waals surface area contributed by atoms with Crippen molar-refractivity contribution in [1.29, 1.82) is 5.26 Å². The van der Waals surface area contributed by atoms with E-state index in [1.807, 2.05) is 6.07 Å². The smallest absolute Gasteiger partial charge is 0.233 e. The van der Waals surface area contributed by atoms with E-state index in [0.717, 1.165) is 24.5 Å². The molecule has 1 amide bonds. The van der Waals surface area contributed by atoms with Crippen LogP contribution in [-0.2, 0) is 4.79 Å². The lowest BCUT2D eigenvalue weighted by molar-refractivity contribution is -0.120. The van der Waals surface area contributed by atoms with Crippen molar-refractivity contribution in [2.45, 2.75) is 12.8 Å². The third kappa shape index (κ3) is 11.3. The Bertz CT molecular complexity index is 219. The van der Waals surface area contributed by atoms with Crippen LogP contribution in [0, 0.1) is 11.3 Å². The minimum Gasteiger partial charge on any atom is -0.396 e. The van der Waals surface area contributed by atoms with Gasteiger partial charge in [0.25, 0.3) is 0 Å². The summed E-state index contributed by atoms with van der Waals surface area (Å²) in [6.07, 6.45) is 1.17. The number of thioether (sulfide) groups is 1. The molecular weight excluding hydrogens is 226 g/mol. The van der Waals surface area contributed by atoms with Gasteiger partial charge in [-0.1, -0.05) is 0 Å². The number of carbonyl (C=O) groups excluding carboxylic acids is 1. The van der Waals surface area contributed by atoms with Crippen LogP contribution in [0.1, 0.15) is 12.8 Å². The van der Waals surface area contributed by atoms with Gasteiger partial charge in [0.05, 0.1) is 19.0 Å². The van der Waals surface area contributed by atoms with Crippen molar-refractivity contribution in [2.24, 2.45) is 0 Å². The fourth-order valence-corrected chi connectivity index (χ4v) is 1.76. The number of rotatable bonds is 10. The van der Waals surface area contributed by atoms with Crippen LogP contribution in [-0.4, -0.2) is 48.8 Å². The number of aliphatic hydroxyl groups excluding tert-OH is 1. The molecule has 0 bridgehead atoms. The van der Waals surface area contributed by atoms with Crippen LogP contribution in [0.4, 0.5) is 0 Å². The van der Waals surface area contributed by atoms with Crippen LogP contribution in [0.3, 0.4) is 0 Å². The highest BCUT2D eigenvalue weighted by Crippen LogP contribution is 1.99. The second-order valence-electron chi connectivity index (χ2n) is 3.12. The molecule has 0 aliphatic rings. The largest absolute Gasteiger partial charge is 0.396 e. The number of amides is 1. The number of nitriles is 1. The van der Waals surface area contributed by atoms with Gasteiger partial charge in [0, 0.05) is 25.4 Å². The number of nitrogens with zero attached hydrogens (tertiary/aromatic N) is 1. The normalized spacial score (nSPS) is 9.75. The highest BCUT2D eigenvalue weighted by atomic mass is 32.2. The molecule has 0 aromatic carbocycles. The van der Waals surface area contributed by atoms with Crippen molar-refractivity contribution < 1.29 is 9.90 Å². The number of hydrogen-bond acceptors (Lipinski definition) is 5. The summed E-state index contributed by atoms with van der Waals surface area (Å²) in [5.41, 5.74) is 0. The second kappa shape index (κ2) is 12.3. The van der Waals surface area contributed by atoms with Gasteiger partial charge in [-0.2, -0.15) is 17.0 Å². The van der Waals surface area contributed by atoms with Gasteiger partial charge in [-0.25, -0.2) is 0 Å². The van der Waals surface area contributed by atoms with Gasteiger partial charge in [-0.15, -0.1) is 0 Å². The zero-order chi connectivity index (χ0) is 12.1. The highest BCUT2D eigenvalue weighted by molar-refractivity contribution is 7.99. The molecule has 5 nitrogen and oxygen atoms in total. The van der Waals surface area contributed by atoms with Gasteiger partial charge in [-0.05, 0) is 12.2 Å². The van der Waals surface area contributed by atoms with E-state index in [-0.39, 0.29) is 12.5 Å². The molecule has 0 atom stereocenters. The molecule has 0 radical (unpaired) electrons. The van der Waals surface area contributed by atoms with Crippen molar-refractivity contribution in [3.8, 4) is 6.07 Å². The Morgan fingerprint density at radius 3 is 2.88 bits per heavy atom. The standard InChI is InChI=1S/C10H19N3O2S/c11-3-1-4-13-10(15)9-12-5-8-16-7-2-6-14/h12,14H,1-2,4-9H2,(H,13,15). The van der Waals surface area contributed by atoms with E-state index in [1.165, 1.54) is 0 Å². The van der Waals surface area contributed by atoms with E-state index in [2.05, 4.69) is 10.6 Å². The molecule has 0 saturated heterocycles. The summed E-state index contributed by atoms with van der Waals surface area (Å²) in [5, 5.41) is 22.4. The van der Waals surface area contributed by atoms with E-state index in [0.29, 0.717) is 19.5 Å². The van der Waals surface area contributed by atoms with Crippen molar-refractivity contribution in [3.05, 3.63) is 0 Å². The van der Waals surface area contributed by atoms with E-state index in [4.69, 9.17) is 10.4 Å². The molecule has 16 heavy (non-hydrogen) atoms. The number of hydrogen-bond donors (Lipinski definition) is 3. The molecule has 0 aliphatic carbocycles. The summed E-state index contributed by atoms with van der Waals surface area (Å²) in [7, 11) is 0. The van der Waals surface area contributed by atoms with Gasteiger partial charge < -0.3 is 15.7 Å². The maximum absolute atomic E-state index is 11.1. The van der Waals surface area contributed by atoms with Crippen LogP contribution in [0.2, 0.25) is 0 Å². The van der Waals surface area contributed by atoms with E-state index < -0.39 is 0 Å². The number of nitrogens with one attached hydrogen (secondary N) is 2. The Hall–Kier alpha value is -0.770. The van der Waals surface area contributed by atoms with Crippen molar-refractivity contribution in [2.75, 3.05) is 37.7 Å². The Labute approximate surface area is 101 Å². The summed E-state index contributed by atoms with van der Waals surface area (Å²) >= 11 is 1.75. The molecule has 3 N–H and O–H groups in total. The molecule has 0 heterocycles. The summed E-state index contributed by atoms with van der Waals surface area (Å²) in [6.45, 7) is 1.73. The molecule has 0 saturated carbocycles. The van der Waals surface area contributed by atoms with Gasteiger partial charge in [0.15, 0.2) is 0 Å². The molecule has 0 rings (SSSR count). The van der Waals surface area contributed by atoms with Gasteiger partial charge in [0.2, 0.25) is 5.91 Å². The van der Waals surface area contributed by atoms with Crippen LogP contribution in [0.15, 0.2) is 0 Å². The monoisotopic (exact) mass is 245 g/mol. The Morgan fingerprint density at radius 1 is 1.38 bits per heavy atom. The van der Waals surface area contributed by atoms with Gasteiger partial charge >= 0.3 is 0 Å². The minimum absolute atomic E-state index is 0.0735. The maximum Gasteiger partial charge on any atom is 0.233 e. The molecule has 0 unspecified atom stereocenters. The quantitative estimate of drug-likeness (QED) is 0.461. The van der Waals surface area contributed by atoms with Crippen LogP contribution < -0.4 is 10.6 Å². The van der Waals surface area contributed by atoms with Crippen LogP contribution >= 0.6 is 11.8 Å². The first kappa shape index (κ1) is 15.2. The van der Waals surface area contributed by atoms with E-state index >= 15 is 0 Å². The predicted molar refractivity (Wildman–Crippen MR) is 65.1 cm³/mol. The summed E-state index contributed by atoms with van der Waals surface area (Å²) in [6, 6.07) is 1.96. The Morgan fingerprint density at radius 2 is 2.19 bits per heavy atom. The van der Waals surface area contributed by atoms with Crippen molar-refractivity contribution in [3.63, 3.8) is 0 Å². The first-order chi connectivity index (χ1) is 7.81. The second-order valence-corrected chi connectivity index (χ2v) is 4.35. The molecule has 0 aliphatic heterocycles. The van der Waals surface area contributed by atoms with Gasteiger partial charge in [-0.3, -0.25) is 4.79 Å². The average molecular weight is 245 g/mol. The minimum atomic E-state index is -0.0735. The van der Waals surface area contributed by atoms with Crippen LogP contribution in [0.5, 0.6) is 0 Å². The molecule has 6 heteroatoms. The first-order valence-electron chi connectivity index (χ1n) is 5.34. The lowest BCUT2D eigenvalue weighted by Gasteiger charge is -2.04. The number of aliphatic hydroxyl groups is 1. The Kier molecular flexibility index (Phi) is 11.7. The Balaban J connectivity index is 3.12. The van der Waals surface area contributed by atoms with Crippen molar-refractivity contribution in [1.82, 2.24) is 10.6 Å². The molecule has 0 spiro atoms. The SMILES string of the molecule is N#CCCNC(=O)CNCCSCCCO. The highest BCUT2D eigenvalue weighted by Gasteiger charge is 1.98. The van der Waals surface area contributed by atoms with E-state index in [9.17, 15) is 4.79 Å². The molecule has 0 aromatic rings. The topological polar surface area (TPSA) is 85.2 Å². The molecule has 92 valence electrons.